The van der Waals surface area contributed by atoms with Crippen molar-refractivity contribution in [3.63, 3.8) is 0 Å². The van der Waals surface area contributed by atoms with Gasteiger partial charge in [-0.3, -0.25) is 14.4 Å². The summed E-state index contributed by atoms with van der Waals surface area (Å²) in [6.45, 7) is 6.34. The van der Waals surface area contributed by atoms with Gasteiger partial charge in [0, 0.05) is 19.3 Å². The average Bonchev–Trinajstić information content (AvgIpc) is 3.39. The maximum atomic E-state index is 12.9. The van der Waals surface area contributed by atoms with Gasteiger partial charge in [-0.25, -0.2) is 0 Å². The number of hydrogen-bond acceptors (Lipinski definition) is 6. The molecule has 0 amide bonds. The number of ether oxygens (including phenoxy) is 3. The molecule has 412 valence electrons. The predicted octanol–water partition coefficient (Wildman–Crippen LogP) is 20.2. The van der Waals surface area contributed by atoms with Crippen LogP contribution in [0.25, 0.3) is 0 Å². The summed E-state index contributed by atoms with van der Waals surface area (Å²) in [5.74, 6) is -0.972. The Hall–Kier alpha value is -4.45. The maximum Gasteiger partial charge on any atom is 0.306 e. The predicted molar refractivity (Wildman–Crippen MR) is 316 cm³/mol. The molecule has 0 radical (unpaired) electrons. The van der Waals surface area contributed by atoms with Crippen LogP contribution in [0.1, 0.15) is 252 Å². The molecule has 0 aliphatic rings. The second kappa shape index (κ2) is 60.1. The Morgan fingerprint density at radius 3 is 0.890 bits per heavy atom. The summed E-state index contributed by atoms with van der Waals surface area (Å²) in [5.41, 5.74) is 0. The van der Waals surface area contributed by atoms with Gasteiger partial charge in [0.25, 0.3) is 0 Å². The molecule has 0 spiro atoms. The maximum absolute atomic E-state index is 12.9. The molecule has 6 nitrogen and oxygen atoms in total. The number of carbonyl (C=O) groups is 3. The summed E-state index contributed by atoms with van der Waals surface area (Å²) in [4.78, 5) is 38.1. The van der Waals surface area contributed by atoms with Gasteiger partial charge in [-0.2, -0.15) is 0 Å². The molecule has 0 aromatic carbocycles. The highest BCUT2D eigenvalue weighted by molar-refractivity contribution is 5.71. The summed E-state index contributed by atoms with van der Waals surface area (Å²) >= 11 is 0. The van der Waals surface area contributed by atoms with E-state index in [1.54, 1.807) is 0 Å². The third-order valence-corrected chi connectivity index (χ3v) is 12.2. The van der Waals surface area contributed by atoms with Gasteiger partial charge in [0.2, 0.25) is 0 Å². The molecule has 0 aliphatic heterocycles. The fraction of sp³-hybridized carbons (Fsp3) is 0.627. The zero-order valence-corrected chi connectivity index (χ0v) is 47.1. The van der Waals surface area contributed by atoms with Crippen molar-refractivity contribution in [3.8, 4) is 0 Å². The van der Waals surface area contributed by atoms with Crippen LogP contribution in [0.4, 0.5) is 0 Å². The molecule has 0 aromatic rings. The van der Waals surface area contributed by atoms with Gasteiger partial charge in [0.15, 0.2) is 6.10 Å². The van der Waals surface area contributed by atoms with E-state index in [2.05, 4.69) is 154 Å². The van der Waals surface area contributed by atoms with Crippen molar-refractivity contribution < 1.29 is 28.6 Å². The fourth-order valence-corrected chi connectivity index (χ4v) is 7.78. The van der Waals surface area contributed by atoms with Crippen LogP contribution in [0.5, 0.6) is 0 Å². The van der Waals surface area contributed by atoms with Gasteiger partial charge in [0.1, 0.15) is 13.2 Å². The molecule has 0 N–H and O–H groups in total. The number of carbonyl (C=O) groups excluding carboxylic acids is 3. The first-order valence-corrected chi connectivity index (χ1v) is 29.7. The van der Waals surface area contributed by atoms with E-state index in [4.69, 9.17) is 14.2 Å². The number of unbranched alkanes of at least 4 members (excludes halogenated alkanes) is 19. The number of esters is 3. The van der Waals surface area contributed by atoms with E-state index in [0.717, 1.165) is 116 Å². The number of hydrogen-bond donors (Lipinski definition) is 0. The molecule has 0 heterocycles. The molecule has 1 unspecified atom stereocenters. The Morgan fingerprint density at radius 1 is 0.288 bits per heavy atom. The minimum Gasteiger partial charge on any atom is -0.462 e. The van der Waals surface area contributed by atoms with E-state index in [0.29, 0.717) is 19.3 Å². The van der Waals surface area contributed by atoms with E-state index in [1.807, 2.05) is 0 Å². The lowest BCUT2D eigenvalue weighted by atomic mass is 10.0. The van der Waals surface area contributed by atoms with Gasteiger partial charge < -0.3 is 14.2 Å². The van der Waals surface area contributed by atoms with Crippen molar-refractivity contribution in [2.75, 3.05) is 13.2 Å². The van der Waals surface area contributed by atoms with Crippen LogP contribution in [0, 0.1) is 0 Å². The Labute approximate surface area is 449 Å². The van der Waals surface area contributed by atoms with Gasteiger partial charge in [-0.1, -0.05) is 257 Å². The number of rotatable bonds is 52. The molecule has 73 heavy (non-hydrogen) atoms. The molecule has 0 fully saturated rings. The van der Waals surface area contributed by atoms with Crippen LogP contribution in [0.2, 0.25) is 0 Å². The normalized spacial score (nSPS) is 13.1. The summed E-state index contributed by atoms with van der Waals surface area (Å²) < 4.78 is 16.8. The average molecular weight is 1010 g/mol. The second-order valence-corrected chi connectivity index (χ2v) is 19.1. The summed E-state index contributed by atoms with van der Waals surface area (Å²) in [6, 6.07) is 0. The van der Waals surface area contributed by atoms with Crippen LogP contribution in [-0.4, -0.2) is 37.2 Å². The lowest BCUT2D eigenvalue weighted by molar-refractivity contribution is -0.167. The van der Waals surface area contributed by atoms with E-state index < -0.39 is 6.10 Å². The first kappa shape index (κ1) is 68.6. The quantitative estimate of drug-likeness (QED) is 0.0261. The van der Waals surface area contributed by atoms with Crippen LogP contribution >= 0.6 is 0 Å². The topological polar surface area (TPSA) is 78.9 Å². The largest absolute Gasteiger partial charge is 0.462 e. The van der Waals surface area contributed by atoms with E-state index in [-0.39, 0.29) is 37.5 Å². The zero-order chi connectivity index (χ0) is 52.9. The fourth-order valence-electron chi connectivity index (χ4n) is 7.78. The van der Waals surface area contributed by atoms with Crippen molar-refractivity contribution in [1.29, 1.82) is 0 Å². The first-order valence-electron chi connectivity index (χ1n) is 29.7. The Balaban J connectivity index is 4.39. The molecular formula is C67H108O6. The van der Waals surface area contributed by atoms with Crippen molar-refractivity contribution in [2.45, 2.75) is 258 Å². The molecule has 6 heteroatoms. The van der Waals surface area contributed by atoms with Crippen molar-refractivity contribution in [3.05, 3.63) is 134 Å². The lowest BCUT2D eigenvalue weighted by Gasteiger charge is -2.18. The van der Waals surface area contributed by atoms with Crippen molar-refractivity contribution >= 4 is 17.9 Å². The van der Waals surface area contributed by atoms with Crippen LogP contribution < -0.4 is 0 Å². The molecule has 0 rings (SSSR count). The van der Waals surface area contributed by atoms with Crippen LogP contribution in [0.15, 0.2) is 134 Å². The standard InChI is InChI=1S/C67H108O6/c1-4-7-10-13-16-19-21-23-25-27-29-31-33-35-37-39-41-43-45-48-51-54-57-60-66(69)72-63-64(62-71-65(68)59-56-53-50-47-18-15-12-9-6-3)73-67(70)61-58-55-52-49-46-44-42-40-38-36-34-32-30-28-26-24-22-20-17-14-11-8-5-2/h7-8,10-11,16-17,19-20,23-26,29-32,35,37,41,43,48,51,64H,4-6,9,12-15,18,21-22,27-28,33-34,36,38-40,42,44-47,49-50,52-63H2,1-3H3/b10-7-,11-8-,19-16-,20-17-,25-23-,26-24-,31-29-,32-30-,37-35-,43-41-,51-48-. The van der Waals surface area contributed by atoms with E-state index >= 15 is 0 Å². The minimum absolute atomic E-state index is 0.100. The molecule has 0 saturated carbocycles. The highest BCUT2D eigenvalue weighted by atomic mass is 16.6. The van der Waals surface area contributed by atoms with Crippen LogP contribution in [0.3, 0.4) is 0 Å². The highest BCUT2D eigenvalue weighted by Gasteiger charge is 2.19. The SMILES string of the molecule is CC/C=C\C/C=C\C/C=C\C/C=C\C/C=C\C/C=C\C/C=C\CCCC(=O)OCC(COC(=O)CCCCCCCCCCC)OC(=O)CCCCCCCCCCCC/C=C\C/C=C\C/C=C\C/C=C\CC. The Morgan fingerprint density at radius 2 is 0.548 bits per heavy atom. The van der Waals surface area contributed by atoms with Gasteiger partial charge in [-0.15, -0.1) is 0 Å². The van der Waals surface area contributed by atoms with Gasteiger partial charge in [-0.05, 0) is 109 Å². The molecule has 1 atom stereocenters. The molecule has 0 aromatic heterocycles. The molecule has 0 bridgehead atoms. The van der Waals surface area contributed by atoms with Crippen LogP contribution in [-0.2, 0) is 28.6 Å². The number of allylic oxidation sites excluding steroid dienone is 22. The smallest absolute Gasteiger partial charge is 0.306 e. The van der Waals surface area contributed by atoms with E-state index in [1.165, 1.54) is 89.9 Å². The summed E-state index contributed by atoms with van der Waals surface area (Å²) in [5, 5.41) is 0. The highest BCUT2D eigenvalue weighted by Crippen LogP contribution is 2.15. The van der Waals surface area contributed by atoms with Gasteiger partial charge >= 0.3 is 17.9 Å². The monoisotopic (exact) mass is 1010 g/mol. The van der Waals surface area contributed by atoms with Gasteiger partial charge in [0.05, 0.1) is 0 Å². The Bertz CT molecular complexity index is 1580. The summed E-state index contributed by atoms with van der Waals surface area (Å²) in [6.07, 6.45) is 84.6. The first-order chi connectivity index (χ1) is 36.0. The second-order valence-electron chi connectivity index (χ2n) is 19.1. The van der Waals surface area contributed by atoms with Crippen molar-refractivity contribution in [2.24, 2.45) is 0 Å². The molecule has 0 aliphatic carbocycles. The Kier molecular flexibility index (Phi) is 56.4. The minimum atomic E-state index is -0.807. The molecule has 0 saturated heterocycles. The van der Waals surface area contributed by atoms with Crippen molar-refractivity contribution in [1.82, 2.24) is 0 Å². The molecular weight excluding hydrogens is 901 g/mol. The zero-order valence-electron chi connectivity index (χ0n) is 47.1. The lowest BCUT2D eigenvalue weighted by Crippen LogP contribution is -2.30. The third kappa shape index (κ3) is 58.3. The summed E-state index contributed by atoms with van der Waals surface area (Å²) in [7, 11) is 0. The van der Waals surface area contributed by atoms with E-state index in [9.17, 15) is 14.4 Å². The third-order valence-electron chi connectivity index (χ3n) is 12.2.